The standard InChI is InChI=1S/C26H24O5/c1-16-5-7-18(8-6-16)15-30-21-11-17(2)25-23(14-21)31-24(26(25)27)12-19-9-10-20(28-3)13-22(19)29-4/h5-14H,15H2,1-4H3/b24-12-. The fraction of sp³-hybridized carbons (Fsp3) is 0.192. The minimum atomic E-state index is -0.157. The molecular weight excluding hydrogens is 392 g/mol. The van der Waals surface area contributed by atoms with Crippen molar-refractivity contribution in [3.05, 3.63) is 88.2 Å². The van der Waals surface area contributed by atoms with Crippen LogP contribution < -0.4 is 18.9 Å². The number of Topliss-reactive ketones (excluding diaryl/α,β-unsaturated/α-hetero) is 1. The van der Waals surface area contributed by atoms with Gasteiger partial charge in [0.2, 0.25) is 5.78 Å². The summed E-state index contributed by atoms with van der Waals surface area (Å²) in [5.74, 6) is 2.52. The van der Waals surface area contributed by atoms with Gasteiger partial charge in [-0.25, -0.2) is 0 Å². The zero-order valence-electron chi connectivity index (χ0n) is 18.0. The van der Waals surface area contributed by atoms with Crippen molar-refractivity contribution in [1.82, 2.24) is 0 Å². The maximum Gasteiger partial charge on any atom is 0.232 e. The molecule has 5 nitrogen and oxygen atoms in total. The van der Waals surface area contributed by atoms with Crippen molar-refractivity contribution in [3.8, 4) is 23.0 Å². The molecule has 0 atom stereocenters. The zero-order chi connectivity index (χ0) is 22.0. The lowest BCUT2D eigenvalue weighted by Gasteiger charge is -2.09. The Kier molecular flexibility index (Phi) is 5.67. The Morgan fingerprint density at radius 2 is 1.68 bits per heavy atom. The van der Waals surface area contributed by atoms with Crippen molar-refractivity contribution >= 4 is 11.9 Å². The Bertz CT molecular complexity index is 1160. The second-order valence-electron chi connectivity index (χ2n) is 7.44. The Balaban J connectivity index is 1.58. The van der Waals surface area contributed by atoms with Gasteiger partial charge in [0.1, 0.15) is 29.6 Å². The van der Waals surface area contributed by atoms with Gasteiger partial charge in [-0.2, -0.15) is 0 Å². The number of allylic oxidation sites excluding steroid dienone is 1. The zero-order valence-corrected chi connectivity index (χ0v) is 18.0. The molecule has 3 aromatic carbocycles. The highest BCUT2D eigenvalue weighted by Crippen LogP contribution is 2.38. The molecule has 0 saturated carbocycles. The number of aryl methyl sites for hydroxylation is 2. The van der Waals surface area contributed by atoms with E-state index in [0.29, 0.717) is 35.2 Å². The largest absolute Gasteiger partial charge is 0.497 e. The average Bonchev–Trinajstić information content (AvgIpc) is 3.09. The highest BCUT2D eigenvalue weighted by molar-refractivity contribution is 6.15. The number of methoxy groups -OCH3 is 2. The Labute approximate surface area is 181 Å². The molecule has 1 aliphatic rings. The van der Waals surface area contributed by atoms with Crippen LogP contribution in [0.2, 0.25) is 0 Å². The third-order valence-corrected chi connectivity index (χ3v) is 5.20. The Morgan fingerprint density at radius 3 is 2.39 bits per heavy atom. The molecule has 0 unspecified atom stereocenters. The lowest BCUT2D eigenvalue weighted by atomic mass is 10.0. The van der Waals surface area contributed by atoms with Crippen LogP contribution in [-0.4, -0.2) is 20.0 Å². The van der Waals surface area contributed by atoms with Crippen LogP contribution in [0.3, 0.4) is 0 Å². The third-order valence-electron chi connectivity index (χ3n) is 5.20. The van der Waals surface area contributed by atoms with Crippen molar-refractivity contribution in [1.29, 1.82) is 0 Å². The Morgan fingerprint density at radius 1 is 0.903 bits per heavy atom. The van der Waals surface area contributed by atoms with Crippen LogP contribution in [0, 0.1) is 13.8 Å². The van der Waals surface area contributed by atoms with E-state index in [9.17, 15) is 4.79 Å². The van der Waals surface area contributed by atoms with Crippen LogP contribution in [0.4, 0.5) is 0 Å². The quantitative estimate of drug-likeness (QED) is 0.496. The SMILES string of the molecule is COc1ccc(/C=C2\Oc3cc(OCc4ccc(C)cc4)cc(C)c3C2=O)c(OC)c1. The van der Waals surface area contributed by atoms with Gasteiger partial charge in [-0.1, -0.05) is 29.8 Å². The molecule has 0 fully saturated rings. The first kappa shape index (κ1) is 20.5. The predicted octanol–water partition coefficient (Wildman–Crippen LogP) is 5.52. The molecule has 0 bridgehead atoms. The minimum absolute atomic E-state index is 0.157. The molecule has 1 aliphatic heterocycles. The molecule has 3 aromatic rings. The van der Waals surface area contributed by atoms with Crippen molar-refractivity contribution < 1.29 is 23.7 Å². The molecule has 0 spiro atoms. The number of ether oxygens (including phenoxy) is 4. The third kappa shape index (κ3) is 4.26. The van der Waals surface area contributed by atoms with Crippen LogP contribution in [0.5, 0.6) is 23.0 Å². The minimum Gasteiger partial charge on any atom is -0.497 e. The van der Waals surface area contributed by atoms with Gasteiger partial charge >= 0.3 is 0 Å². The van der Waals surface area contributed by atoms with Crippen molar-refractivity contribution in [3.63, 3.8) is 0 Å². The summed E-state index contributed by atoms with van der Waals surface area (Å²) in [5.41, 5.74) is 4.38. The Hall–Kier alpha value is -3.73. The van der Waals surface area contributed by atoms with Gasteiger partial charge in [0.05, 0.1) is 19.8 Å². The number of carbonyl (C=O) groups excluding carboxylic acids is 1. The number of ketones is 1. The van der Waals surface area contributed by atoms with Crippen molar-refractivity contribution in [2.75, 3.05) is 14.2 Å². The summed E-state index contributed by atoms with van der Waals surface area (Å²) in [6.45, 7) is 4.38. The van der Waals surface area contributed by atoms with E-state index >= 15 is 0 Å². The van der Waals surface area contributed by atoms with Crippen LogP contribution >= 0.6 is 0 Å². The molecule has 0 saturated heterocycles. The van der Waals surface area contributed by atoms with Crippen LogP contribution in [0.15, 0.2) is 60.4 Å². The first-order valence-corrected chi connectivity index (χ1v) is 9.97. The summed E-state index contributed by atoms with van der Waals surface area (Å²) < 4.78 is 22.5. The number of hydrogen-bond donors (Lipinski definition) is 0. The van der Waals surface area contributed by atoms with Gasteiger partial charge in [0.25, 0.3) is 0 Å². The summed E-state index contributed by atoms with van der Waals surface area (Å²) in [7, 11) is 3.17. The van der Waals surface area contributed by atoms with E-state index in [0.717, 1.165) is 16.7 Å². The maximum absolute atomic E-state index is 13.0. The molecule has 5 heteroatoms. The maximum atomic E-state index is 13.0. The van der Waals surface area contributed by atoms with Gasteiger partial charge in [-0.15, -0.1) is 0 Å². The molecule has 0 radical (unpaired) electrons. The fourth-order valence-electron chi connectivity index (χ4n) is 3.49. The first-order chi connectivity index (χ1) is 15.0. The van der Waals surface area contributed by atoms with Gasteiger partial charge in [-0.05, 0) is 49.2 Å². The number of hydrogen-bond acceptors (Lipinski definition) is 5. The first-order valence-electron chi connectivity index (χ1n) is 9.97. The molecule has 0 aliphatic carbocycles. The highest BCUT2D eigenvalue weighted by Gasteiger charge is 2.30. The molecular formula is C26H24O5. The number of carbonyl (C=O) groups is 1. The number of fused-ring (bicyclic) bond motifs is 1. The molecule has 0 amide bonds. The molecule has 4 rings (SSSR count). The highest BCUT2D eigenvalue weighted by atomic mass is 16.5. The van der Waals surface area contributed by atoms with E-state index in [1.165, 1.54) is 5.56 Å². The van der Waals surface area contributed by atoms with E-state index in [4.69, 9.17) is 18.9 Å². The number of benzene rings is 3. The van der Waals surface area contributed by atoms with Crippen LogP contribution in [0.1, 0.15) is 32.6 Å². The van der Waals surface area contributed by atoms with E-state index in [-0.39, 0.29) is 11.5 Å². The topological polar surface area (TPSA) is 54.0 Å². The van der Waals surface area contributed by atoms with Crippen LogP contribution in [0.25, 0.3) is 6.08 Å². The fourth-order valence-corrected chi connectivity index (χ4v) is 3.49. The summed E-state index contributed by atoms with van der Waals surface area (Å²) in [6, 6.07) is 17.2. The van der Waals surface area contributed by atoms with Gasteiger partial charge < -0.3 is 18.9 Å². The monoisotopic (exact) mass is 416 g/mol. The average molecular weight is 416 g/mol. The summed E-state index contributed by atoms with van der Waals surface area (Å²) in [6.07, 6.45) is 1.69. The van der Waals surface area contributed by atoms with E-state index in [1.807, 2.05) is 37.3 Å². The molecule has 31 heavy (non-hydrogen) atoms. The number of rotatable bonds is 6. The molecule has 0 N–H and O–H groups in total. The predicted molar refractivity (Wildman–Crippen MR) is 119 cm³/mol. The van der Waals surface area contributed by atoms with E-state index in [2.05, 4.69) is 19.1 Å². The summed E-state index contributed by atoms with van der Waals surface area (Å²) in [5, 5.41) is 0. The summed E-state index contributed by atoms with van der Waals surface area (Å²) in [4.78, 5) is 13.0. The van der Waals surface area contributed by atoms with Gasteiger partial charge in [0, 0.05) is 17.7 Å². The second kappa shape index (κ2) is 8.56. The molecule has 1 heterocycles. The molecule has 0 aromatic heterocycles. The smallest absolute Gasteiger partial charge is 0.232 e. The van der Waals surface area contributed by atoms with Crippen molar-refractivity contribution in [2.24, 2.45) is 0 Å². The summed E-state index contributed by atoms with van der Waals surface area (Å²) >= 11 is 0. The van der Waals surface area contributed by atoms with E-state index < -0.39 is 0 Å². The lowest BCUT2D eigenvalue weighted by molar-refractivity contribution is 0.101. The van der Waals surface area contributed by atoms with E-state index in [1.54, 1.807) is 32.4 Å². The van der Waals surface area contributed by atoms with Gasteiger partial charge in [-0.3, -0.25) is 4.79 Å². The second-order valence-corrected chi connectivity index (χ2v) is 7.44. The normalized spacial score (nSPS) is 13.7. The lowest BCUT2D eigenvalue weighted by Crippen LogP contribution is -2.00. The van der Waals surface area contributed by atoms with Crippen LogP contribution in [-0.2, 0) is 6.61 Å². The van der Waals surface area contributed by atoms with Crippen molar-refractivity contribution in [2.45, 2.75) is 20.5 Å². The van der Waals surface area contributed by atoms with Gasteiger partial charge in [0.15, 0.2) is 5.76 Å². The molecule has 158 valence electrons.